The van der Waals surface area contributed by atoms with Crippen LogP contribution in [0, 0.1) is 17.3 Å². The summed E-state index contributed by atoms with van der Waals surface area (Å²) in [6.07, 6.45) is 9.98. The fourth-order valence-electron chi connectivity index (χ4n) is 3.03. The first-order valence-electron chi connectivity index (χ1n) is 8.05. The molecule has 0 amide bonds. The maximum atomic E-state index is 12.3. The Morgan fingerprint density at radius 1 is 1.48 bits per heavy atom. The van der Waals surface area contributed by atoms with Gasteiger partial charge in [-0.15, -0.1) is 0 Å². The van der Waals surface area contributed by atoms with Crippen LogP contribution in [-0.2, 0) is 9.53 Å². The van der Waals surface area contributed by atoms with Gasteiger partial charge in [0.2, 0.25) is 0 Å². The monoisotopic (exact) mass is 292 g/mol. The normalized spacial score (nSPS) is 32.3. The van der Waals surface area contributed by atoms with Crippen LogP contribution in [0.15, 0.2) is 23.8 Å². The molecule has 0 fully saturated rings. The lowest BCUT2D eigenvalue weighted by Gasteiger charge is -2.39. The summed E-state index contributed by atoms with van der Waals surface area (Å²) in [7, 11) is 0. The van der Waals surface area contributed by atoms with E-state index in [1.807, 2.05) is 33.8 Å². The number of rotatable bonds is 4. The highest BCUT2D eigenvalue weighted by Crippen LogP contribution is 2.41. The van der Waals surface area contributed by atoms with Crippen LogP contribution in [0.2, 0.25) is 0 Å². The molecule has 2 rings (SSSR count). The highest BCUT2D eigenvalue weighted by atomic mass is 16.6. The average molecular weight is 292 g/mol. The van der Waals surface area contributed by atoms with Gasteiger partial charge < -0.3 is 9.84 Å². The number of carbonyl (C=O) groups excluding carboxylic acids is 1. The van der Waals surface area contributed by atoms with Gasteiger partial charge in [-0.25, -0.2) is 0 Å². The van der Waals surface area contributed by atoms with Gasteiger partial charge in [-0.3, -0.25) is 4.79 Å². The Hall–Kier alpha value is -1.09. The summed E-state index contributed by atoms with van der Waals surface area (Å²) >= 11 is 0. The summed E-state index contributed by atoms with van der Waals surface area (Å²) in [6, 6.07) is 0. The predicted molar refractivity (Wildman–Crippen MR) is 83.7 cm³/mol. The number of allylic oxidation sites excluding steroid dienone is 2. The molecular weight excluding hydrogens is 264 g/mol. The Bertz CT molecular complexity index is 461. The maximum Gasteiger partial charge on any atom is 0.312 e. The molecule has 1 N–H and O–H groups in total. The van der Waals surface area contributed by atoms with Crippen LogP contribution >= 0.6 is 0 Å². The molecule has 0 radical (unpaired) electrons. The third-order valence-corrected chi connectivity index (χ3v) is 5.06. The third kappa shape index (κ3) is 3.57. The van der Waals surface area contributed by atoms with Crippen molar-refractivity contribution >= 4 is 5.97 Å². The zero-order valence-electron chi connectivity index (χ0n) is 13.7. The van der Waals surface area contributed by atoms with Gasteiger partial charge in [-0.2, -0.15) is 0 Å². The second-order valence-corrected chi connectivity index (χ2v) is 7.36. The maximum absolute atomic E-state index is 12.3. The molecule has 3 heteroatoms. The summed E-state index contributed by atoms with van der Waals surface area (Å²) in [4.78, 5) is 12.3. The molecule has 0 unspecified atom stereocenters. The SMILES string of the molecule is CCC(C)(C)C(=O)O[C@]1(C)C=CC2=C[C@@H](CO)CC[C@H]2C1. The third-order valence-electron chi connectivity index (χ3n) is 5.06. The lowest BCUT2D eigenvalue weighted by atomic mass is 9.73. The minimum absolute atomic E-state index is 0.117. The van der Waals surface area contributed by atoms with Crippen molar-refractivity contribution in [2.24, 2.45) is 17.3 Å². The zero-order valence-corrected chi connectivity index (χ0v) is 13.7. The van der Waals surface area contributed by atoms with Crippen LogP contribution in [0.1, 0.15) is 53.4 Å². The van der Waals surface area contributed by atoms with Crippen molar-refractivity contribution in [3.8, 4) is 0 Å². The molecule has 2 aliphatic carbocycles. The van der Waals surface area contributed by atoms with E-state index in [0.29, 0.717) is 5.92 Å². The van der Waals surface area contributed by atoms with Gasteiger partial charge in [0.05, 0.1) is 5.41 Å². The van der Waals surface area contributed by atoms with Crippen molar-refractivity contribution in [2.45, 2.75) is 59.0 Å². The van der Waals surface area contributed by atoms with Gasteiger partial charge in [0.15, 0.2) is 0 Å². The first-order valence-corrected chi connectivity index (χ1v) is 8.05. The molecule has 0 aliphatic heterocycles. The minimum atomic E-state index is -0.502. The summed E-state index contributed by atoms with van der Waals surface area (Å²) in [5.74, 6) is 0.612. The molecule has 0 aromatic carbocycles. The van der Waals surface area contributed by atoms with E-state index in [1.54, 1.807) is 0 Å². The summed E-state index contributed by atoms with van der Waals surface area (Å²) < 4.78 is 5.83. The molecule has 0 heterocycles. The van der Waals surface area contributed by atoms with E-state index in [-0.39, 0.29) is 18.5 Å². The van der Waals surface area contributed by atoms with Crippen LogP contribution in [0.3, 0.4) is 0 Å². The van der Waals surface area contributed by atoms with Crippen LogP contribution in [-0.4, -0.2) is 23.3 Å². The Labute approximate surface area is 128 Å². The van der Waals surface area contributed by atoms with Crippen molar-refractivity contribution in [1.82, 2.24) is 0 Å². The fraction of sp³-hybridized carbons (Fsp3) is 0.722. The van der Waals surface area contributed by atoms with Gasteiger partial charge in [0, 0.05) is 12.5 Å². The van der Waals surface area contributed by atoms with E-state index >= 15 is 0 Å². The Morgan fingerprint density at radius 3 is 2.81 bits per heavy atom. The fourth-order valence-corrected chi connectivity index (χ4v) is 3.03. The molecular formula is C18H28O3. The molecule has 118 valence electrons. The molecule has 3 atom stereocenters. The second-order valence-electron chi connectivity index (χ2n) is 7.36. The molecule has 3 nitrogen and oxygen atoms in total. The van der Waals surface area contributed by atoms with Crippen LogP contribution in [0.25, 0.3) is 0 Å². The molecule has 0 saturated carbocycles. The molecule has 2 aliphatic rings. The second kappa shape index (κ2) is 5.96. The lowest BCUT2D eigenvalue weighted by Crippen LogP contribution is -2.40. The molecule has 0 bridgehead atoms. The average Bonchev–Trinajstić information content (AvgIpc) is 2.46. The standard InChI is InChI=1S/C18H28O3/c1-5-17(2,3)16(20)21-18(4)9-8-14-10-13(12-19)6-7-15(14)11-18/h8-10,13,15,19H,5-7,11-12H2,1-4H3/t13-,15-,18+/m0/s1. The highest BCUT2D eigenvalue weighted by molar-refractivity contribution is 5.76. The molecule has 0 spiro atoms. The van der Waals surface area contributed by atoms with Gasteiger partial charge in [0.25, 0.3) is 0 Å². The summed E-state index contributed by atoms with van der Waals surface area (Å²) in [5.41, 5.74) is 0.364. The molecule has 0 saturated heterocycles. The van der Waals surface area contributed by atoms with E-state index in [4.69, 9.17) is 4.74 Å². The summed E-state index contributed by atoms with van der Waals surface area (Å²) in [5, 5.41) is 9.28. The number of hydrogen-bond donors (Lipinski definition) is 1. The Kier molecular flexibility index (Phi) is 4.62. The van der Waals surface area contributed by atoms with Crippen molar-refractivity contribution < 1.29 is 14.6 Å². The molecule has 0 aromatic heterocycles. The largest absolute Gasteiger partial charge is 0.455 e. The smallest absolute Gasteiger partial charge is 0.312 e. The summed E-state index contributed by atoms with van der Waals surface area (Å²) in [6.45, 7) is 8.10. The number of carbonyl (C=O) groups is 1. The van der Waals surface area contributed by atoms with E-state index in [9.17, 15) is 9.90 Å². The minimum Gasteiger partial charge on any atom is -0.455 e. The van der Waals surface area contributed by atoms with E-state index in [1.165, 1.54) is 5.57 Å². The van der Waals surface area contributed by atoms with E-state index in [0.717, 1.165) is 25.7 Å². The number of aliphatic hydroxyl groups is 1. The van der Waals surface area contributed by atoms with Crippen molar-refractivity contribution in [1.29, 1.82) is 0 Å². The van der Waals surface area contributed by atoms with Crippen LogP contribution in [0.5, 0.6) is 0 Å². The molecule has 0 aromatic rings. The van der Waals surface area contributed by atoms with Crippen molar-refractivity contribution in [3.63, 3.8) is 0 Å². The van der Waals surface area contributed by atoms with Gasteiger partial charge >= 0.3 is 5.97 Å². The van der Waals surface area contributed by atoms with E-state index < -0.39 is 11.0 Å². The first-order chi connectivity index (χ1) is 9.79. The van der Waals surface area contributed by atoms with Gasteiger partial charge in [0.1, 0.15) is 5.60 Å². The van der Waals surface area contributed by atoms with E-state index in [2.05, 4.69) is 12.2 Å². The zero-order chi connectivity index (χ0) is 15.7. The Balaban J connectivity index is 2.11. The number of aliphatic hydroxyl groups excluding tert-OH is 1. The quantitative estimate of drug-likeness (QED) is 0.805. The number of hydrogen-bond acceptors (Lipinski definition) is 3. The van der Waals surface area contributed by atoms with Crippen molar-refractivity contribution in [3.05, 3.63) is 23.8 Å². The Morgan fingerprint density at radius 2 is 2.19 bits per heavy atom. The van der Waals surface area contributed by atoms with Crippen LogP contribution in [0.4, 0.5) is 0 Å². The van der Waals surface area contributed by atoms with Gasteiger partial charge in [-0.05, 0) is 64.0 Å². The molecule has 21 heavy (non-hydrogen) atoms. The highest BCUT2D eigenvalue weighted by Gasteiger charge is 2.39. The number of esters is 1. The van der Waals surface area contributed by atoms with Gasteiger partial charge in [-0.1, -0.05) is 19.1 Å². The van der Waals surface area contributed by atoms with Crippen molar-refractivity contribution in [2.75, 3.05) is 6.61 Å². The number of ether oxygens (including phenoxy) is 1. The number of fused-ring (bicyclic) bond motifs is 1. The first kappa shape index (κ1) is 16.3. The van der Waals surface area contributed by atoms with Crippen LogP contribution < -0.4 is 0 Å². The predicted octanol–water partition coefficient (Wildman–Crippen LogP) is 3.63. The topological polar surface area (TPSA) is 46.5 Å². The lowest BCUT2D eigenvalue weighted by molar-refractivity contribution is -0.166.